The minimum atomic E-state index is 0.289. The van der Waals surface area contributed by atoms with E-state index in [1.807, 2.05) is 0 Å². The maximum atomic E-state index is 5.74. The number of hydrogen-bond acceptors (Lipinski definition) is 2. The first-order chi connectivity index (χ1) is 7.67. The summed E-state index contributed by atoms with van der Waals surface area (Å²) in [6.45, 7) is 9.51. The van der Waals surface area contributed by atoms with E-state index in [0.29, 0.717) is 6.04 Å². The molecule has 16 heavy (non-hydrogen) atoms. The third kappa shape index (κ3) is 3.86. The Hall–Kier alpha value is -1.02. The van der Waals surface area contributed by atoms with Gasteiger partial charge in [0.1, 0.15) is 5.75 Å². The van der Waals surface area contributed by atoms with Crippen molar-refractivity contribution >= 4 is 0 Å². The Morgan fingerprint density at radius 3 is 2.25 bits per heavy atom. The van der Waals surface area contributed by atoms with E-state index in [1.54, 1.807) is 0 Å². The van der Waals surface area contributed by atoms with Crippen LogP contribution in [0.1, 0.15) is 45.7 Å². The van der Waals surface area contributed by atoms with E-state index in [9.17, 15) is 0 Å². The molecular formula is C14H23NO. The molecule has 0 aliphatic carbocycles. The molecule has 0 bridgehead atoms. The molecule has 1 N–H and O–H groups in total. The van der Waals surface area contributed by atoms with Crippen molar-refractivity contribution in [3.8, 4) is 5.75 Å². The Morgan fingerprint density at radius 1 is 1.12 bits per heavy atom. The molecule has 0 spiro atoms. The third-order valence-corrected chi connectivity index (χ3v) is 2.80. The van der Waals surface area contributed by atoms with Gasteiger partial charge in [-0.25, -0.2) is 0 Å². The minimum absolute atomic E-state index is 0.289. The Kier molecular flexibility index (Phi) is 5.33. The standard InChI is InChI=1S/C14H23NO/c1-5-11(3)16-14-9-7-13(8-10-14)12(4)15-6-2/h7-12,15H,5-6H2,1-4H3. The first-order valence-electron chi connectivity index (χ1n) is 6.17. The normalized spacial score (nSPS) is 14.5. The quantitative estimate of drug-likeness (QED) is 0.793. The number of benzene rings is 1. The zero-order valence-electron chi connectivity index (χ0n) is 10.8. The maximum Gasteiger partial charge on any atom is 0.119 e. The maximum absolute atomic E-state index is 5.74. The van der Waals surface area contributed by atoms with E-state index in [2.05, 4.69) is 57.3 Å². The largest absolute Gasteiger partial charge is 0.491 e. The van der Waals surface area contributed by atoms with Crippen LogP contribution in [0.4, 0.5) is 0 Å². The Labute approximate surface area is 99.0 Å². The lowest BCUT2D eigenvalue weighted by atomic mass is 10.1. The third-order valence-electron chi connectivity index (χ3n) is 2.80. The molecule has 2 nitrogen and oxygen atoms in total. The van der Waals surface area contributed by atoms with Crippen LogP contribution in [0.5, 0.6) is 5.75 Å². The van der Waals surface area contributed by atoms with Crippen molar-refractivity contribution in [2.24, 2.45) is 0 Å². The molecule has 0 aliphatic rings. The van der Waals surface area contributed by atoms with Crippen LogP contribution in [0.3, 0.4) is 0 Å². The van der Waals surface area contributed by atoms with Crippen molar-refractivity contribution < 1.29 is 4.74 Å². The van der Waals surface area contributed by atoms with Gasteiger partial charge in [0, 0.05) is 6.04 Å². The van der Waals surface area contributed by atoms with Gasteiger partial charge in [-0.05, 0) is 44.5 Å². The van der Waals surface area contributed by atoms with Gasteiger partial charge in [0.05, 0.1) is 6.10 Å². The van der Waals surface area contributed by atoms with Gasteiger partial charge in [0.15, 0.2) is 0 Å². The van der Waals surface area contributed by atoms with E-state index in [1.165, 1.54) is 5.56 Å². The Morgan fingerprint density at radius 2 is 1.75 bits per heavy atom. The monoisotopic (exact) mass is 221 g/mol. The highest BCUT2D eigenvalue weighted by atomic mass is 16.5. The molecule has 2 heteroatoms. The van der Waals surface area contributed by atoms with Gasteiger partial charge in [-0.1, -0.05) is 26.0 Å². The van der Waals surface area contributed by atoms with E-state index in [4.69, 9.17) is 4.74 Å². The summed E-state index contributed by atoms with van der Waals surface area (Å²) < 4.78 is 5.74. The Bertz CT molecular complexity index is 294. The van der Waals surface area contributed by atoms with Crippen molar-refractivity contribution in [3.05, 3.63) is 29.8 Å². The van der Waals surface area contributed by atoms with Gasteiger partial charge in [-0.15, -0.1) is 0 Å². The van der Waals surface area contributed by atoms with E-state index < -0.39 is 0 Å². The van der Waals surface area contributed by atoms with E-state index in [-0.39, 0.29) is 6.10 Å². The molecule has 0 fully saturated rings. The van der Waals surface area contributed by atoms with Crippen LogP contribution in [0, 0.1) is 0 Å². The smallest absolute Gasteiger partial charge is 0.119 e. The van der Waals surface area contributed by atoms with E-state index >= 15 is 0 Å². The number of hydrogen-bond donors (Lipinski definition) is 1. The second-order valence-corrected chi connectivity index (χ2v) is 4.19. The second kappa shape index (κ2) is 6.54. The van der Waals surface area contributed by atoms with Crippen LogP contribution >= 0.6 is 0 Å². The molecule has 1 rings (SSSR count). The van der Waals surface area contributed by atoms with Gasteiger partial charge in [-0.3, -0.25) is 0 Å². The number of ether oxygens (including phenoxy) is 1. The highest BCUT2D eigenvalue weighted by Gasteiger charge is 2.04. The van der Waals surface area contributed by atoms with Crippen molar-refractivity contribution in [3.63, 3.8) is 0 Å². The van der Waals surface area contributed by atoms with Gasteiger partial charge in [0.25, 0.3) is 0 Å². The summed E-state index contributed by atoms with van der Waals surface area (Å²) in [5.74, 6) is 0.960. The van der Waals surface area contributed by atoms with Crippen LogP contribution in [-0.2, 0) is 0 Å². The fourth-order valence-corrected chi connectivity index (χ4v) is 1.57. The van der Waals surface area contributed by atoms with Gasteiger partial charge in [0.2, 0.25) is 0 Å². The lowest BCUT2D eigenvalue weighted by Gasteiger charge is -2.15. The molecule has 0 saturated heterocycles. The average Bonchev–Trinajstić information content (AvgIpc) is 2.30. The molecular weight excluding hydrogens is 198 g/mol. The summed E-state index contributed by atoms with van der Waals surface area (Å²) in [5, 5.41) is 3.39. The topological polar surface area (TPSA) is 21.3 Å². The summed E-state index contributed by atoms with van der Waals surface area (Å²) in [7, 11) is 0. The van der Waals surface area contributed by atoms with Crippen molar-refractivity contribution in [2.75, 3.05) is 6.54 Å². The van der Waals surface area contributed by atoms with Gasteiger partial charge in [-0.2, -0.15) is 0 Å². The fraction of sp³-hybridized carbons (Fsp3) is 0.571. The van der Waals surface area contributed by atoms with Crippen LogP contribution in [0.2, 0.25) is 0 Å². The summed E-state index contributed by atoms with van der Waals surface area (Å²) in [4.78, 5) is 0. The Balaban J connectivity index is 2.60. The van der Waals surface area contributed by atoms with Crippen molar-refractivity contribution in [2.45, 2.75) is 46.3 Å². The molecule has 90 valence electrons. The highest BCUT2D eigenvalue weighted by Crippen LogP contribution is 2.18. The molecule has 2 unspecified atom stereocenters. The molecule has 0 aliphatic heterocycles. The minimum Gasteiger partial charge on any atom is -0.491 e. The number of rotatable bonds is 6. The predicted molar refractivity (Wildman–Crippen MR) is 68.9 cm³/mol. The van der Waals surface area contributed by atoms with Crippen molar-refractivity contribution in [1.29, 1.82) is 0 Å². The average molecular weight is 221 g/mol. The molecule has 0 aromatic heterocycles. The predicted octanol–water partition coefficient (Wildman–Crippen LogP) is 3.53. The fourth-order valence-electron chi connectivity index (χ4n) is 1.57. The van der Waals surface area contributed by atoms with Crippen molar-refractivity contribution in [1.82, 2.24) is 5.32 Å². The molecule has 0 heterocycles. The summed E-state index contributed by atoms with van der Waals surface area (Å²) in [6, 6.07) is 8.77. The zero-order valence-corrected chi connectivity index (χ0v) is 10.8. The molecule has 1 aromatic rings. The number of nitrogens with one attached hydrogen (secondary N) is 1. The van der Waals surface area contributed by atoms with Gasteiger partial charge < -0.3 is 10.1 Å². The van der Waals surface area contributed by atoms with Crippen LogP contribution in [0.25, 0.3) is 0 Å². The molecule has 0 amide bonds. The summed E-state index contributed by atoms with van der Waals surface area (Å²) in [6.07, 6.45) is 1.33. The van der Waals surface area contributed by atoms with Crippen LogP contribution in [0.15, 0.2) is 24.3 Å². The van der Waals surface area contributed by atoms with E-state index in [0.717, 1.165) is 18.7 Å². The first-order valence-corrected chi connectivity index (χ1v) is 6.17. The van der Waals surface area contributed by atoms with Crippen LogP contribution < -0.4 is 10.1 Å². The summed E-state index contributed by atoms with van der Waals surface area (Å²) in [5.41, 5.74) is 1.30. The first kappa shape index (κ1) is 13.0. The van der Waals surface area contributed by atoms with Crippen LogP contribution in [-0.4, -0.2) is 12.6 Å². The highest BCUT2D eigenvalue weighted by molar-refractivity contribution is 5.29. The van der Waals surface area contributed by atoms with Gasteiger partial charge >= 0.3 is 0 Å². The lowest BCUT2D eigenvalue weighted by molar-refractivity contribution is 0.217. The SMILES string of the molecule is CCNC(C)c1ccc(OC(C)CC)cc1. The molecule has 2 atom stereocenters. The second-order valence-electron chi connectivity index (χ2n) is 4.19. The molecule has 0 saturated carbocycles. The summed E-state index contributed by atoms with van der Waals surface area (Å²) >= 11 is 0. The lowest BCUT2D eigenvalue weighted by Crippen LogP contribution is -2.17. The zero-order chi connectivity index (χ0) is 12.0. The molecule has 1 aromatic carbocycles. The molecule has 0 radical (unpaired) electrons.